The van der Waals surface area contributed by atoms with E-state index in [-0.39, 0.29) is 0 Å². The Bertz CT molecular complexity index is 201. The summed E-state index contributed by atoms with van der Waals surface area (Å²) in [6, 6.07) is 0. The van der Waals surface area contributed by atoms with Gasteiger partial charge in [-0.2, -0.15) is 0 Å². The molecule has 0 aromatic rings. The Morgan fingerprint density at radius 3 is 2.30 bits per heavy atom. The predicted molar refractivity (Wildman–Crippen MR) is 42.3 cm³/mol. The third-order valence-electron chi connectivity index (χ3n) is 0.915. The average Bonchev–Trinajstić information content (AvgIpc) is 1.85. The fourth-order valence-corrected chi connectivity index (χ4v) is 0.426. The van der Waals surface area contributed by atoms with Crippen molar-refractivity contribution in [2.24, 2.45) is 5.73 Å². The summed E-state index contributed by atoms with van der Waals surface area (Å²) in [4.78, 5) is 10.1. The summed E-state index contributed by atoms with van der Waals surface area (Å²) in [6.45, 7) is 8.82. The van der Waals surface area contributed by atoms with Gasteiger partial charge >= 0.3 is 0 Å². The topological polar surface area (TPSA) is 43.1 Å². The summed E-state index contributed by atoms with van der Waals surface area (Å²) >= 11 is 0. The number of aldehydes is 1. The fourth-order valence-electron chi connectivity index (χ4n) is 0.426. The lowest BCUT2D eigenvalue weighted by atomic mass is 10.2. The molecule has 0 rings (SSSR count). The van der Waals surface area contributed by atoms with Crippen molar-refractivity contribution in [1.29, 1.82) is 0 Å². The molecule has 0 aliphatic rings. The van der Waals surface area contributed by atoms with Crippen molar-refractivity contribution in [1.82, 2.24) is 0 Å². The molecular weight excluding hydrogens is 126 g/mol. The van der Waals surface area contributed by atoms with Crippen LogP contribution in [0.4, 0.5) is 0 Å². The number of carbonyl (C=O) groups excluding carboxylic acids is 1. The lowest BCUT2D eigenvalue weighted by molar-refractivity contribution is -0.104. The maximum absolute atomic E-state index is 10.1. The van der Waals surface area contributed by atoms with Crippen LogP contribution in [0.5, 0.6) is 0 Å². The van der Waals surface area contributed by atoms with Crippen LogP contribution in [0.25, 0.3) is 0 Å². The molecule has 0 aromatic carbocycles. The van der Waals surface area contributed by atoms with Crippen molar-refractivity contribution >= 4 is 6.29 Å². The van der Waals surface area contributed by atoms with E-state index >= 15 is 0 Å². The third-order valence-corrected chi connectivity index (χ3v) is 0.915. The van der Waals surface area contributed by atoms with Gasteiger partial charge in [-0.25, -0.2) is 0 Å². The van der Waals surface area contributed by atoms with Crippen molar-refractivity contribution in [3.05, 3.63) is 36.1 Å². The zero-order valence-electron chi connectivity index (χ0n) is 6.05. The van der Waals surface area contributed by atoms with E-state index < -0.39 is 0 Å². The normalized spacial score (nSPS) is 10.7. The molecule has 0 unspecified atom stereocenters. The highest BCUT2D eigenvalue weighted by Gasteiger charge is 1.92. The maximum atomic E-state index is 10.1. The van der Waals surface area contributed by atoms with Crippen LogP contribution in [0.3, 0.4) is 0 Å². The molecule has 0 bridgehead atoms. The lowest BCUT2D eigenvalue weighted by Crippen LogP contribution is -2.00. The van der Waals surface area contributed by atoms with E-state index in [0.29, 0.717) is 17.6 Å². The second-order valence-corrected chi connectivity index (χ2v) is 2.09. The van der Waals surface area contributed by atoms with E-state index in [9.17, 15) is 4.79 Å². The molecule has 10 heavy (non-hydrogen) atoms. The Kier molecular flexibility index (Phi) is 3.19. The first-order valence-corrected chi connectivity index (χ1v) is 2.85. The minimum atomic E-state index is 0.294. The molecule has 0 saturated heterocycles. The van der Waals surface area contributed by atoms with Gasteiger partial charge in [0.2, 0.25) is 0 Å². The molecule has 0 radical (unpaired) electrons. The summed E-state index contributed by atoms with van der Waals surface area (Å²) in [5, 5.41) is 0. The minimum Gasteiger partial charge on any atom is -0.398 e. The second-order valence-electron chi connectivity index (χ2n) is 2.09. The molecule has 0 saturated carbocycles. The third kappa shape index (κ3) is 2.87. The molecule has 0 aliphatic carbocycles. The van der Waals surface area contributed by atoms with Gasteiger partial charge < -0.3 is 5.73 Å². The number of hydrogen-bond acceptors (Lipinski definition) is 2. The van der Waals surface area contributed by atoms with Gasteiger partial charge in [0.15, 0.2) is 6.29 Å². The van der Waals surface area contributed by atoms with E-state index in [0.717, 1.165) is 5.57 Å². The molecule has 0 spiro atoms. The predicted octanol–water partition coefficient (Wildman–Crippen LogP) is 1.16. The highest BCUT2D eigenvalue weighted by molar-refractivity contribution is 5.78. The van der Waals surface area contributed by atoms with Crippen molar-refractivity contribution < 1.29 is 4.79 Å². The van der Waals surface area contributed by atoms with Gasteiger partial charge in [0.25, 0.3) is 0 Å². The van der Waals surface area contributed by atoms with Gasteiger partial charge in [0.1, 0.15) is 0 Å². The van der Waals surface area contributed by atoms with E-state index in [2.05, 4.69) is 13.2 Å². The minimum absolute atomic E-state index is 0.294. The molecule has 0 atom stereocenters. The molecule has 2 nitrogen and oxygen atoms in total. The molecule has 0 heterocycles. The molecule has 0 aromatic heterocycles. The van der Waals surface area contributed by atoms with Crippen molar-refractivity contribution in [2.75, 3.05) is 0 Å². The SMILES string of the molecule is C=C(C)/C=C(/N)C(=C)C=O. The summed E-state index contributed by atoms with van der Waals surface area (Å²) in [5.74, 6) is 0. The van der Waals surface area contributed by atoms with Crippen LogP contribution >= 0.6 is 0 Å². The summed E-state index contributed by atoms with van der Waals surface area (Å²) in [6.07, 6.45) is 2.23. The maximum Gasteiger partial charge on any atom is 0.151 e. The molecular formula is C8H11NO. The standard InChI is InChI=1S/C8H11NO/c1-6(2)4-8(9)7(3)5-10/h4-5H,1,3,9H2,2H3/b8-4+. The van der Waals surface area contributed by atoms with Gasteiger partial charge in [-0.15, -0.1) is 0 Å². The molecule has 54 valence electrons. The zero-order valence-corrected chi connectivity index (χ0v) is 6.05. The molecule has 0 aliphatic heterocycles. The van der Waals surface area contributed by atoms with Crippen LogP contribution in [0.15, 0.2) is 36.1 Å². The van der Waals surface area contributed by atoms with Crippen LogP contribution in [0.1, 0.15) is 6.92 Å². The number of carbonyl (C=O) groups is 1. The number of rotatable bonds is 3. The Hall–Kier alpha value is -1.31. The van der Waals surface area contributed by atoms with Gasteiger partial charge in [0, 0.05) is 11.3 Å². The monoisotopic (exact) mass is 137 g/mol. The summed E-state index contributed by atoms with van der Waals surface area (Å²) in [7, 11) is 0. The van der Waals surface area contributed by atoms with Crippen LogP contribution < -0.4 is 5.73 Å². The largest absolute Gasteiger partial charge is 0.398 e. The Labute approximate surface area is 60.7 Å². The molecule has 2 heteroatoms. The number of nitrogens with two attached hydrogens (primary N) is 1. The Morgan fingerprint density at radius 2 is 2.00 bits per heavy atom. The van der Waals surface area contributed by atoms with Crippen LogP contribution in [-0.4, -0.2) is 6.29 Å². The summed E-state index contributed by atoms with van der Waals surface area (Å²) < 4.78 is 0. The Balaban J connectivity index is 4.33. The molecule has 0 amide bonds. The fraction of sp³-hybridized carbons (Fsp3) is 0.125. The van der Waals surface area contributed by atoms with Crippen molar-refractivity contribution in [2.45, 2.75) is 6.92 Å². The second kappa shape index (κ2) is 3.67. The van der Waals surface area contributed by atoms with Gasteiger partial charge in [-0.05, 0) is 13.0 Å². The van der Waals surface area contributed by atoms with E-state index in [1.165, 1.54) is 0 Å². The van der Waals surface area contributed by atoms with E-state index in [4.69, 9.17) is 5.73 Å². The van der Waals surface area contributed by atoms with E-state index in [1.54, 1.807) is 13.0 Å². The first kappa shape index (κ1) is 8.69. The number of hydrogen-bond donors (Lipinski definition) is 1. The molecule has 2 N–H and O–H groups in total. The zero-order chi connectivity index (χ0) is 8.15. The smallest absolute Gasteiger partial charge is 0.151 e. The average molecular weight is 137 g/mol. The summed E-state index contributed by atoms with van der Waals surface area (Å²) in [5.41, 5.74) is 6.88. The lowest BCUT2D eigenvalue weighted by Gasteiger charge is -1.95. The first-order chi connectivity index (χ1) is 4.57. The van der Waals surface area contributed by atoms with Gasteiger partial charge in [-0.3, -0.25) is 4.79 Å². The quantitative estimate of drug-likeness (QED) is 0.360. The number of allylic oxidation sites excluding steroid dienone is 3. The highest BCUT2D eigenvalue weighted by atomic mass is 16.1. The van der Waals surface area contributed by atoms with Crippen molar-refractivity contribution in [3.63, 3.8) is 0 Å². The van der Waals surface area contributed by atoms with Crippen LogP contribution in [0, 0.1) is 0 Å². The van der Waals surface area contributed by atoms with Gasteiger partial charge in [0.05, 0.1) is 0 Å². The van der Waals surface area contributed by atoms with Crippen molar-refractivity contribution in [3.8, 4) is 0 Å². The van der Waals surface area contributed by atoms with Gasteiger partial charge in [-0.1, -0.05) is 18.7 Å². The Morgan fingerprint density at radius 1 is 1.50 bits per heavy atom. The molecule has 0 fully saturated rings. The van der Waals surface area contributed by atoms with E-state index in [1.807, 2.05) is 0 Å². The first-order valence-electron chi connectivity index (χ1n) is 2.85. The van der Waals surface area contributed by atoms with Crippen LogP contribution in [0.2, 0.25) is 0 Å². The highest BCUT2D eigenvalue weighted by Crippen LogP contribution is 2.00. The van der Waals surface area contributed by atoms with Crippen LogP contribution in [-0.2, 0) is 4.79 Å².